The molecule has 0 saturated heterocycles. The first-order valence-corrected chi connectivity index (χ1v) is 8.06. The van der Waals surface area contributed by atoms with Crippen LogP contribution in [0.25, 0.3) is 6.08 Å². The highest BCUT2D eigenvalue weighted by Crippen LogP contribution is 2.24. The van der Waals surface area contributed by atoms with Gasteiger partial charge in [0.15, 0.2) is 0 Å². The highest BCUT2D eigenvalue weighted by molar-refractivity contribution is 6.19. The number of amides is 1. The van der Waals surface area contributed by atoms with E-state index < -0.39 is 0 Å². The number of rotatable bonds is 4. The van der Waals surface area contributed by atoms with Crippen molar-refractivity contribution in [3.63, 3.8) is 0 Å². The van der Waals surface area contributed by atoms with Crippen LogP contribution < -0.4 is 0 Å². The largest absolute Gasteiger partial charge is 0.465 e. The SMILES string of the molecule is O=C1/C(=C\c2ccco2)N=C(c2ccccc2)N1Cc1ccccc1. The van der Waals surface area contributed by atoms with Gasteiger partial charge in [0.1, 0.15) is 17.3 Å². The van der Waals surface area contributed by atoms with Crippen LogP contribution >= 0.6 is 0 Å². The summed E-state index contributed by atoms with van der Waals surface area (Å²) >= 11 is 0. The van der Waals surface area contributed by atoms with Gasteiger partial charge in [0.25, 0.3) is 5.91 Å². The van der Waals surface area contributed by atoms with Gasteiger partial charge in [-0.25, -0.2) is 4.99 Å². The summed E-state index contributed by atoms with van der Waals surface area (Å²) < 4.78 is 5.32. The molecule has 1 amide bonds. The van der Waals surface area contributed by atoms with Crippen LogP contribution in [0.4, 0.5) is 0 Å². The summed E-state index contributed by atoms with van der Waals surface area (Å²) in [6.07, 6.45) is 3.26. The first-order chi connectivity index (χ1) is 12.3. The lowest BCUT2D eigenvalue weighted by Crippen LogP contribution is -2.32. The Morgan fingerprint density at radius 2 is 1.64 bits per heavy atom. The maximum Gasteiger partial charge on any atom is 0.278 e. The molecule has 1 aliphatic rings. The second-order valence-electron chi connectivity index (χ2n) is 5.72. The van der Waals surface area contributed by atoms with Crippen LogP contribution in [-0.4, -0.2) is 16.6 Å². The zero-order valence-electron chi connectivity index (χ0n) is 13.5. The Hall–Kier alpha value is -3.40. The summed E-state index contributed by atoms with van der Waals surface area (Å²) in [4.78, 5) is 19.2. The van der Waals surface area contributed by atoms with E-state index in [0.717, 1.165) is 11.1 Å². The summed E-state index contributed by atoms with van der Waals surface area (Å²) in [7, 11) is 0. The lowest BCUT2D eigenvalue weighted by Gasteiger charge is -2.18. The molecule has 2 aromatic carbocycles. The number of hydrogen-bond acceptors (Lipinski definition) is 3. The molecule has 0 saturated carbocycles. The van der Waals surface area contributed by atoms with Crippen LogP contribution in [0.5, 0.6) is 0 Å². The summed E-state index contributed by atoms with van der Waals surface area (Å²) in [6.45, 7) is 0.475. The molecular formula is C21H16N2O2. The molecule has 0 radical (unpaired) electrons. The lowest BCUT2D eigenvalue weighted by molar-refractivity contribution is -0.123. The number of amidine groups is 1. The summed E-state index contributed by atoms with van der Waals surface area (Å²) in [5, 5.41) is 0. The zero-order valence-corrected chi connectivity index (χ0v) is 13.5. The molecule has 0 bridgehead atoms. The molecule has 0 fully saturated rings. The average molecular weight is 328 g/mol. The quantitative estimate of drug-likeness (QED) is 0.677. The number of nitrogens with zero attached hydrogens (tertiary/aromatic N) is 2. The van der Waals surface area contributed by atoms with Crippen molar-refractivity contribution in [3.05, 3.63) is 102 Å². The third-order valence-corrected chi connectivity index (χ3v) is 3.98. The summed E-state index contributed by atoms with van der Waals surface area (Å²) in [5.41, 5.74) is 2.35. The zero-order chi connectivity index (χ0) is 17.1. The van der Waals surface area contributed by atoms with Crippen LogP contribution in [0, 0.1) is 0 Å². The van der Waals surface area contributed by atoms with Crippen molar-refractivity contribution in [2.45, 2.75) is 6.54 Å². The summed E-state index contributed by atoms with van der Waals surface area (Å²) in [6, 6.07) is 23.2. The normalized spacial score (nSPS) is 15.7. The number of aliphatic imine (C=N–C) groups is 1. The van der Waals surface area contributed by atoms with Gasteiger partial charge in [-0.15, -0.1) is 0 Å². The fourth-order valence-corrected chi connectivity index (χ4v) is 2.78. The molecule has 4 nitrogen and oxygen atoms in total. The molecule has 4 rings (SSSR count). The van der Waals surface area contributed by atoms with Crippen LogP contribution in [0.2, 0.25) is 0 Å². The van der Waals surface area contributed by atoms with Crippen LogP contribution in [0.15, 0.2) is 94.2 Å². The minimum Gasteiger partial charge on any atom is -0.465 e. The number of benzene rings is 2. The van der Waals surface area contributed by atoms with Gasteiger partial charge in [0.05, 0.1) is 12.8 Å². The van der Waals surface area contributed by atoms with Gasteiger partial charge in [-0.2, -0.15) is 0 Å². The van der Waals surface area contributed by atoms with E-state index in [1.54, 1.807) is 29.4 Å². The molecule has 3 aromatic rings. The van der Waals surface area contributed by atoms with E-state index in [2.05, 4.69) is 4.99 Å². The first-order valence-electron chi connectivity index (χ1n) is 8.06. The van der Waals surface area contributed by atoms with Gasteiger partial charge >= 0.3 is 0 Å². The minimum atomic E-state index is -0.126. The molecule has 25 heavy (non-hydrogen) atoms. The number of carbonyl (C=O) groups excluding carboxylic acids is 1. The molecule has 2 heterocycles. The third kappa shape index (κ3) is 3.15. The third-order valence-electron chi connectivity index (χ3n) is 3.98. The van der Waals surface area contributed by atoms with Crippen LogP contribution in [0.1, 0.15) is 16.9 Å². The van der Waals surface area contributed by atoms with Gasteiger partial charge in [-0.1, -0.05) is 60.7 Å². The molecule has 0 atom stereocenters. The van der Waals surface area contributed by atoms with Crippen LogP contribution in [0.3, 0.4) is 0 Å². The van der Waals surface area contributed by atoms with Crippen molar-refractivity contribution in [1.82, 2.24) is 4.90 Å². The molecule has 1 aliphatic heterocycles. The summed E-state index contributed by atoms with van der Waals surface area (Å²) in [5.74, 6) is 1.15. The molecule has 0 N–H and O–H groups in total. The number of furan rings is 1. The Kier molecular flexibility index (Phi) is 4.01. The standard InChI is InChI=1S/C21H16N2O2/c24-21-19(14-18-12-7-13-25-18)22-20(17-10-5-2-6-11-17)23(21)15-16-8-3-1-4-9-16/h1-14H,15H2/b19-14+. The molecule has 1 aromatic heterocycles. The predicted octanol–water partition coefficient (Wildman–Crippen LogP) is 4.11. The van der Waals surface area contributed by atoms with Crippen molar-refractivity contribution in [2.24, 2.45) is 4.99 Å². The van der Waals surface area contributed by atoms with Crippen molar-refractivity contribution in [3.8, 4) is 0 Å². The highest BCUT2D eigenvalue weighted by Gasteiger charge is 2.31. The van der Waals surface area contributed by atoms with Crippen molar-refractivity contribution < 1.29 is 9.21 Å². The van der Waals surface area contributed by atoms with Gasteiger partial charge in [0.2, 0.25) is 0 Å². The fourth-order valence-electron chi connectivity index (χ4n) is 2.78. The Labute approximate surface area is 145 Å². The Balaban J connectivity index is 1.73. The highest BCUT2D eigenvalue weighted by atomic mass is 16.3. The molecule has 0 spiro atoms. The maximum atomic E-state index is 12.9. The van der Waals surface area contributed by atoms with E-state index in [1.165, 1.54) is 0 Å². The van der Waals surface area contributed by atoms with Crippen molar-refractivity contribution in [1.29, 1.82) is 0 Å². The maximum absolute atomic E-state index is 12.9. The number of carbonyl (C=O) groups is 1. The number of hydrogen-bond donors (Lipinski definition) is 0. The van der Waals surface area contributed by atoms with Gasteiger partial charge in [-0.3, -0.25) is 9.69 Å². The van der Waals surface area contributed by atoms with Gasteiger partial charge < -0.3 is 4.42 Å². The molecule has 122 valence electrons. The first kappa shape index (κ1) is 15.1. The fraction of sp³-hybridized carbons (Fsp3) is 0.0476. The molecule has 4 heteroatoms. The molecule has 0 unspecified atom stereocenters. The van der Waals surface area contributed by atoms with Gasteiger partial charge in [0, 0.05) is 11.6 Å². The van der Waals surface area contributed by atoms with E-state index in [-0.39, 0.29) is 5.91 Å². The minimum absolute atomic E-state index is 0.126. The topological polar surface area (TPSA) is 45.8 Å². The predicted molar refractivity (Wildman–Crippen MR) is 96.7 cm³/mol. The second-order valence-corrected chi connectivity index (χ2v) is 5.72. The van der Waals surface area contributed by atoms with E-state index in [0.29, 0.717) is 23.8 Å². The monoisotopic (exact) mass is 328 g/mol. The Morgan fingerprint density at radius 1 is 0.920 bits per heavy atom. The van der Waals surface area contributed by atoms with Crippen molar-refractivity contribution >= 4 is 17.8 Å². The Bertz CT molecular complexity index is 927. The smallest absolute Gasteiger partial charge is 0.278 e. The van der Waals surface area contributed by atoms with E-state index in [1.807, 2.05) is 60.7 Å². The average Bonchev–Trinajstić information content (AvgIpc) is 3.27. The molecular weight excluding hydrogens is 312 g/mol. The van der Waals surface area contributed by atoms with Crippen molar-refractivity contribution in [2.75, 3.05) is 0 Å². The Morgan fingerprint density at radius 3 is 2.32 bits per heavy atom. The van der Waals surface area contributed by atoms with Gasteiger partial charge in [-0.05, 0) is 17.7 Å². The van der Waals surface area contributed by atoms with E-state index in [4.69, 9.17) is 4.42 Å². The van der Waals surface area contributed by atoms with E-state index >= 15 is 0 Å². The lowest BCUT2D eigenvalue weighted by atomic mass is 10.1. The van der Waals surface area contributed by atoms with E-state index in [9.17, 15) is 4.79 Å². The molecule has 0 aliphatic carbocycles. The second kappa shape index (κ2) is 6.61. The van der Waals surface area contributed by atoms with Crippen LogP contribution in [-0.2, 0) is 11.3 Å².